The standard InChI is InChI=1S/C40H30N6O4.C36H32Cl2N2O4/c1-7-9-11-19(3)45-37(47)23-13-21(17-41)29-30-22(18-42)14-24-32-26(40(50)46(38(24)48)20(4)12-10-8-2)16-28(44-6)34(36(30)32)33-27(43-5)15-25(39(45)49)31(23)35(29)33;1-5-7-9-17(3)39-33(41)21-13-11-19-30-26(38)16-24-28-22(34(42)40(36(24)44)18(4)10-8-6-2)14-12-20(32(28)30)29-25(37)15-23(35(39)43)27(21)31(19)29/h13-16,19-20H,7-12H2,1-4H3;11-18H,5-10H2,1-4H3. The topological polar surface area (TPSA) is 206 Å². The van der Waals surface area contributed by atoms with Crippen molar-refractivity contribution in [3.63, 3.8) is 0 Å². The second-order valence-electron chi connectivity index (χ2n) is 25.5. The van der Waals surface area contributed by atoms with E-state index in [4.69, 9.17) is 36.3 Å². The zero-order chi connectivity index (χ0) is 66.9. The second-order valence-corrected chi connectivity index (χ2v) is 26.4. The number of hydrogen-bond donors (Lipinski definition) is 0. The smallest absolute Gasteiger partial charge is 0.261 e. The first-order valence-electron chi connectivity index (χ1n) is 32.2. The predicted octanol–water partition coefficient (Wildman–Crippen LogP) is 18.3. The van der Waals surface area contributed by atoms with Gasteiger partial charge in [0.05, 0.1) is 47.5 Å². The predicted molar refractivity (Wildman–Crippen MR) is 365 cm³/mol. The molecular formula is C76H62Cl2N8O8. The number of rotatable bonds is 16. The Morgan fingerprint density at radius 1 is 0.362 bits per heavy atom. The van der Waals surface area contributed by atoms with Crippen molar-refractivity contribution in [1.29, 1.82) is 10.5 Å². The van der Waals surface area contributed by atoms with E-state index < -0.39 is 35.7 Å². The van der Waals surface area contributed by atoms with E-state index >= 15 is 0 Å². The third-order valence-corrected chi connectivity index (χ3v) is 20.6. The summed E-state index contributed by atoms with van der Waals surface area (Å²) in [6.45, 7) is 32.1. The van der Waals surface area contributed by atoms with E-state index in [9.17, 15) is 48.9 Å². The summed E-state index contributed by atoms with van der Waals surface area (Å²) in [7, 11) is 0. The van der Waals surface area contributed by atoms with Crippen molar-refractivity contribution in [2.75, 3.05) is 0 Å². The highest BCUT2D eigenvalue weighted by Gasteiger charge is 2.44. The van der Waals surface area contributed by atoms with Gasteiger partial charge in [-0.05, 0) is 134 Å². The Labute approximate surface area is 551 Å². The third kappa shape index (κ3) is 8.72. The Morgan fingerprint density at radius 3 is 0.904 bits per heavy atom. The quantitative estimate of drug-likeness (QED) is 0.0387. The van der Waals surface area contributed by atoms with Crippen LogP contribution in [0.2, 0.25) is 10.0 Å². The van der Waals surface area contributed by atoms with Gasteiger partial charge < -0.3 is 0 Å². The van der Waals surface area contributed by atoms with E-state index in [1.54, 1.807) is 38.1 Å². The normalized spacial score (nSPS) is 15.7. The fraction of sp³-hybridized carbons (Fsp3) is 0.316. The molecule has 4 aliphatic rings. The highest BCUT2D eigenvalue weighted by Crippen LogP contribution is 2.55. The molecule has 16 nitrogen and oxygen atoms in total. The molecule has 0 aliphatic carbocycles. The summed E-state index contributed by atoms with van der Waals surface area (Å²) in [6, 6.07) is 19.3. The zero-order valence-corrected chi connectivity index (χ0v) is 54.7. The van der Waals surface area contributed by atoms with Crippen molar-refractivity contribution in [3.8, 4) is 12.1 Å². The molecule has 0 radical (unpaired) electrons. The lowest BCUT2D eigenvalue weighted by molar-refractivity contribution is 0.0527. The van der Waals surface area contributed by atoms with Gasteiger partial charge in [-0.1, -0.05) is 114 Å². The average Bonchev–Trinajstić information content (AvgIpc) is 0.682. The molecule has 4 atom stereocenters. The monoisotopic (exact) mass is 1280 g/mol. The van der Waals surface area contributed by atoms with Crippen LogP contribution in [0.25, 0.3) is 95.9 Å². The number of hydrogen-bond acceptors (Lipinski definition) is 10. The van der Waals surface area contributed by atoms with Crippen LogP contribution >= 0.6 is 23.2 Å². The SMILES string of the molecule is CCCCC(C)N1C(=O)c2ccc3c4c(Cl)cc5c6c(ccc(c7c(Cl)cc(c2c37)C1=O)c64)C(=O)N(C(C)CCCC)C5=O.[C-]#[N+]c1cc2c3c(cc(C#N)c4c5c(C#N)cc6c7c(cc([N+]#[C-])c(c1c34)c75)C(=O)N(C(C)CCCC)C6=O)C(=O)N(C(C)CCCC)C2=O. The van der Waals surface area contributed by atoms with Crippen LogP contribution in [0.15, 0.2) is 60.7 Å². The Bertz CT molecular complexity index is 4870. The van der Waals surface area contributed by atoms with Gasteiger partial charge in [0, 0.05) is 121 Å². The van der Waals surface area contributed by atoms with Gasteiger partial charge in [0.1, 0.15) is 0 Å². The summed E-state index contributed by atoms with van der Waals surface area (Å²) in [6.07, 6.45) is 9.65. The summed E-state index contributed by atoms with van der Waals surface area (Å²) in [4.78, 5) is 125. The lowest BCUT2D eigenvalue weighted by atomic mass is 9.78. The van der Waals surface area contributed by atoms with Crippen LogP contribution in [0.1, 0.15) is 226 Å². The molecule has 4 aliphatic heterocycles. The minimum Gasteiger partial charge on any atom is -0.272 e. The zero-order valence-electron chi connectivity index (χ0n) is 53.2. The van der Waals surface area contributed by atoms with Crippen molar-refractivity contribution < 1.29 is 38.4 Å². The minimum atomic E-state index is -0.564. The fourth-order valence-corrected chi connectivity index (χ4v) is 16.1. The van der Waals surface area contributed by atoms with Crippen LogP contribution in [0.5, 0.6) is 0 Å². The molecule has 0 spiro atoms. The van der Waals surface area contributed by atoms with Crippen LogP contribution in [0, 0.1) is 35.8 Å². The van der Waals surface area contributed by atoms with Crippen molar-refractivity contribution in [2.45, 2.75) is 157 Å². The van der Waals surface area contributed by atoms with Gasteiger partial charge in [0.15, 0.2) is 11.4 Å². The van der Waals surface area contributed by atoms with Gasteiger partial charge in [0.25, 0.3) is 47.3 Å². The Balaban J connectivity index is 0.000000172. The molecule has 0 bridgehead atoms. The number of halogens is 2. The Kier molecular flexibility index (Phi) is 15.7. The number of unbranched alkanes of at least 4 members (excludes halogenated alkanes) is 4. The number of imide groups is 4. The van der Waals surface area contributed by atoms with Crippen molar-refractivity contribution in [2.24, 2.45) is 0 Å². The first-order chi connectivity index (χ1) is 45.2. The minimum absolute atomic E-state index is 0.0108. The van der Waals surface area contributed by atoms with Gasteiger partial charge in [-0.25, -0.2) is 9.69 Å². The summed E-state index contributed by atoms with van der Waals surface area (Å²) < 4.78 is 0. The molecule has 10 aromatic carbocycles. The Hall–Kier alpha value is -10.1. The van der Waals surface area contributed by atoms with E-state index in [2.05, 4.69) is 35.7 Å². The van der Waals surface area contributed by atoms with E-state index in [1.165, 1.54) is 43.9 Å². The van der Waals surface area contributed by atoms with Crippen molar-refractivity contribution in [3.05, 3.63) is 149 Å². The van der Waals surface area contributed by atoms with Gasteiger partial charge in [0.2, 0.25) is 0 Å². The first kappa shape index (κ1) is 62.7. The lowest BCUT2D eigenvalue weighted by Gasteiger charge is -2.34. The van der Waals surface area contributed by atoms with Gasteiger partial charge >= 0.3 is 0 Å². The number of nitrogens with zero attached hydrogens (tertiary/aromatic N) is 8. The summed E-state index contributed by atoms with van der Waals surface area (Å²) in [5, 5.41) is 29.2. The van der Waals surface area contributed by atoms with Crippen LogP contribution in [0.3, 0.4) is 0 Å². The molecule has 0 aromatic heterocycles. The number of amides is 8. The summed E-state index contributed by atoms with van der Waals surface area (Å²) in [5.41, 5.74) is 2.25. The van der Waals surface area contributed by atoms with E-state index in [-0.39, 0.29) is 124 Å². The van der Waals surface area contributed by atoms with E-state index in [0.29, 0.717) is 77.5 Å². The van der Waals surface area contributed by atoms with Crippen LogP contribution in [-0.4, -0.2) is 91.0 Å². The van der Waals surface area contributed by atoms with Gasteiger partial charge in [-0.15, -0.1) is 0 Å². The molecule has 468 valence electrons. The molecule has 0 saturated carbocycles. The van der Waals surface area contributed by atoms with E-state index in [1.807, 2.05) is 39.8 Å². The highest BCUT2D eigenvalue weighted by atomic mass is 35.5. The molecule has 0 N–H and O–H groups in total. The molecule has 10 aromatic rings. The molecule has 4 unspecified atom stereocenters. The molecule has 0 saturated heterocycles. The maximum absolute atomic E-state index is 14.2. The maximum atomic E-state index is 14.2. The van der Waals surface area contributed by atoms with Crippen molar-refractivity contribution >= 4 is 168 Å². The average molecular weight is 1290 g/mol. The third-order valence-electron chi connectivity index (χ3n) is 20.0. The molecule has 94 heavy (non-hydrogen) atoms. The maximum Gasteiger partial charge on any atom is 0.261 e. The van der Waals surface area contributed by atoms with Gasteiger partial charge in [-0.2, -0.15) is 10.5 Å². The molecule has 4 heterocycles. The molecule has 8 amide bonds. The molecule has 14 rings (SSSR count). The number of benzene rings is 10. The number of nitriles is 2. The van der Waals surface area contributed by atoms with Crippen LogP contribution in [0.4, 0.5) is 11.4 Å². The Morgan fingerprint density at radius 2 is 0.628 bits per heavy atom. The number of carbonyl (C=O) groups excluding carboxylic acids is 8. The first-order valence-corrected chi connectivity index (χ1v) is 33.0. The second kappa shape index (κ2) is 23.5. The molecular weight excluding hydrogens is 1220 g/mol. The largest absolute Gasteiger partial charge is 0.272 e. The van der Waals surface area contributed by atoms with Crippen LogP contribution < -0.4 is 0 Å². The number of carbonyl (C=O) groups is 8. The number of fused-ring (bicyclic) bond motifs is 4. The molecule has 18 heteroatoms. The van der Waals surface area contributed by atoms with Crippen molar-refractivity contribution in [1.82, 2.24) is 19.6 Å². The fourth-order valence-electron chi connectivity index (χ4n) is 15.5. The van der Waals surface area contributed by atoms with Crippen LogP contribution in [-0.2, 0) is 0 Å². The summed E-state index contributed by atoms with van der Waals surface area (Å²) >= 11 is 14.1. The lowest BCUT2D eigenvalue weighted by Crippen LogP contribution is -2.46. The van der Waals surface area contributed by atoms with E-state index in [0.717, 1.165) is 75.0 Å². The molecule has 0 fully saturated rings. The van der Waals surface area contributed by atoms with Gasteiger partial charge in [-0.3, -0.25) is 58.0 Å². The highest BCUT2D eigenvalue weighted by molar-refractivity contribution is 6.51. The summed E-state index contributed by atoms with van der Waals surface area (Å²) in [5.74, 6) is -3.60.